The molecule has 0 N–H and O–H groups in total. The first kappa shape index (κ1) is 14.5. The van der Waals surface area contributed by atoms with Gasteiger partial charge in [-0.15, -0.1) is 0 Å². The van der Waals surface area contributed by atoms with E-state index in [4.69, 9.17) is 0 Å². The molecule has 0 unspecified atom stereocenters. The van der Waals surface area contributed by atoms with Gasteiger partial charge < -0.3 is 4.74 Å². The van der Waals surface area contributed by atoms with Crippen molar-refractivity contribution < 1.29 is 9.53 Å². The van der Waals surface area contributed by atoms with Gasteiger partial charge in [0.15, 0.2) is 0 Å². The Morgan fingerprint density at radius 1 is 1.17 bits per heavy atom. The van der Waals surface area contributed by atoms with E-state index in [9.17, 15) is 4.79 Å². The molecule has 1 aliphatic carbocycles. The van der Waals surface area contributed by atoms with Gasteiger partial charge in [-0.1, -0.05) is 62.2 Å². The maximum atomic E-state index is 9.29. The van der Waals surface area contributed by atoms with Gasteiger partial charge in [-0.25, -0.2) is 0 Å². The molecule has 0 spiro atoms. The molecule has 1 aromatic rings. The third kappa shape index (κ3) is 5.67. The summed E-state index contributed by atoms with van der Waals surface area (Å²) in [7, 11) is 0. The molecular formula is C16H22O2. The van der Waals surface area contributed by atoms with Gasteiger partial charge in [0.1, 0.15) is 6.61 Å². The third-order valence-corrected chi connectivity index (χ3v) is 3.16. The van der Waals surface area contributed by atoms with Crippen molar-refractivity contribution in [3.8, 4) is 0 Å². The Hall–Kier alpha value is -1.57. The molecule has 0 amide bonds. The molecule has 0 atom stereocenters. The van der Waals surface area contributed by atoms with E-state index in [0.29, 0.717) is 13.1 Å². The highest BCUT2D eigenvalue weighted by Gasteiger charge is 2.14. The van der Waals surface area contributed by atoms with Gasteiger partial charge in [-0.3, -0.25) is 4.79 Å². The summed E-state index contributed by atoms with van der Waals surface area (Å²) in [5, 5.41) is 0. The SMILES string of the molecule is C=CCOC=O.c1ccc(C2CCCCC2)cc1. The maximum Gasteiger partial charge on any atom is 0.293 e. The number of benzene rings is 1. The highest BCUT2D eigenvalue weighted by molar-refractivity contribution is 5.37. The molecule has 1 aliphatic rings. The Kier molecular flexibility index (Phi) is 7.61. The van der Waals surface area contributed by atoms with Gasteiger partial charge in [0, 0.05) is 0 Å². The van der Waals surface area contributed by atoms with Crippen molar-refractivity contribution >= 4 is 6.47 Å². The molecule has 0 radical (unpaired) electrons. The molecule has 1 fully saturated rings. The normalized spacial score (nSPS) is 15.1. The van der Waals surface area contributed by atoms with E-state index in [2.05, 4.69) is 41.6 Å². The van der Waals surface area contributed by atoms with Crippen molar-refractivity contribution in [3.63, 3.8) is 0 Å². The van der Waals surface area contributed by atoms with Gasteiger partial charge in [0.05, 0.1) is 0 Å². The quantitative estimate of drug-likeness (QED) is 0.454. The Balaban J connectivity index is 0.000000232. The predicted octanol–water partition coefficient (Wildman–Crippen LogP) is 4.08. The largest absolute Gasteiger partial charge is 0.464 e. The highest BCUT2D eigenvalue weighted by atomic mass is 16.5. The standard InChI is InChI=1S/C12H16.C4H6O2/c1-3-7-11(8-4-1)12-9-5-2-6-10-12;1-2-3-6-4-5/h1,3-4,7-8,12H,2,5-6,9-10H2;2,4H,1,3H2. The molecule has 98 valence electrons. The molecule has 2 heteroatoms. The van der Waals surface area contributed by atoms with Crippen LogP contribution in [0.1, 0.15) is 43.6 Å². The second-order valence-corrected chi connectivity index (χ2v) is 4.46. The summed E-state index contributed by atoms with van der Waals surface area (Å²) in [6, 6.07) is 11.0. The van der Waals surface area contributed by atoms with Crippen molar-refractivity contribution in [1.29, 1.82) is 0 Å². The van der Waals surface area contributed by atoms with Crippen LogP contribution in [0.3, 0.4) is 0 Å². The number of carbonyl (C=O) groups excluding carboxylic acids is 1. The summed E-state index contributed by atoms with van der Waals surface area (Å²) >= 11 is 0. The first-order chi connectivity index (χ1) is 8.88. The molecule has 0 aromatic heterocycles. The summed E-state index contributed by atoms with van der Waals surface area (Å²) in [5.41, 5.74) is 1.55. The topological polar surface area (TPSA) is 26.3 Å². The fraction of sp³-hybridized carbons (Fsp3) is 0.438. The molecule has 0 aliphatic heterocycles. The average molecular weight is 246 g/mol. The van der Waals surface area contributed by atoms with Crippen LogP contribution in [-0.4, -0.2) is 13.1 Å². The second-order valence-electron chi connectivity index (χ2n) is 4.46. The second kappa shape index (κ2) is 9.46. The first-order valence-electron chi connectivity index (χ1n) is 6.59. The van der Waals surface area contributed by atoms with Crippen LogP contribution in [0, 0.1) is 0 Å². The molecule has 2 nitrogen and oxygen atoms in total. The summed E-state index contributed by atoms with van der Waals surface area (Å²) < 4.78 is 4.18. The minimum absolute atomic E-state index is 0.309. The van der Waals surface area contributed by atoms with Crippen molar-refractivity contribution in [3.05, 3.63) is 48.6 Å². The lowest BCUT2D eigenvalue weighted by atomic mass is 9.84. The van der Waals surface area contributed by atoms with Crippen LogP contribution in [0.2, 0.25) is 0 Å². The van der Waals surface area contributed by atoms with Crippen LogP contribution < -0.4 is 0 Å². The summed E-state index contributed by atoms with van der Waals surface area (Å²) in [6.07, 6.45) is 8.63. The number of carbonyl (C=O) groups is 1. The van der Waals surface area contributed by atoms with E-state index in [0.717, 1.165) is 5.92 Å². The van der Waals surface area contributed by atoms with E-state index in [1.165, 1.54) is 38.2 Å². The lowest BCUT2D eigenvalue weighted by Crippen LogP contribution is -2.03. The fourth-order valence-electron chi connectivity index (χ4n) is 2.27. The zero-order valence-electron chi connectivity index (χ0n) is 10.9. The minimum Gasteiger partial charge on any atom is -0.464 e. The fourth-order valence-corrected chi connectivity index (χ4v) is 2.27. The number of ether oxygens (including phenoxy) is 1. The Morgan fingerprint density at radius 3 is 2.33 bits per heavy atom. The predicted molar refractivity (Wildman–Crippen MR) is 74.5 cm³/mol. The van der Waals surface area contributed by atoms with E-state index in [-0.39, 0.29) is 0 Å². The molecule has 1 saturated carbocycles. The Labute approximate surface area is 110 Å². The summed E-state index contributed by atoms with van der Waals surface area (Å²) in [4.78, 5) is 9.29. The molecule has 2 rings (SSSR count). The number of hydrogen-bond donors (Lipinski definition) is 0. The van der Waals surface area contributed by atoms with E-state index < -0.39 is 0 Å². The molecule has 0 saturated heterocycles. The Bertz CT molecular complexity index is 318. The molecule has 0 bridgehead atoms. The number of rotatable bonds is 4. The van der Waals surface area contributed by atoms with Crippen LogP contribution >= 0.6 is 0 Å². The molecule has 0 heterocycles. The first-order valence-corrected chi connectivity index (χ1v) is 6.59. The van der Waals surface area contributed by atoms with Crippen molar-refractivity contribution in [2.45, 2.75) is 38.0 Å². The maximum absolute atomic E-state index is 9.29. The summed E-state index contributed by atoms with van der Waals surface area (Å²) in [5.74, 6) is 0.861. The van der Waals surface area contributed by atoms with Gasteiger partial charge in [-0.05, 0) is 24.3 Å². The third-order valence-electron chi connectivity index (χ3n) is 3.16. The molecule has 1 aromatic carbocycles. The lowest BCUT2D eigenvalue weighted by Gasteiger charge is -2.21. The van der Waals surface area contributed by atoms with Crippen LogP contribution in [-0.2, 0) is 9.53 Å². The van der Waals surface area contributed by atoms with Gasteiger partial charge in [0.25, 0.3) is 6.47 Å². The van der Waals surface area contributed by atoms with Crippen LogP contribution in [0.15, 0.2) is 43.0 Å². The molecular weight excluding hydrogens is 224 g/mol. The van der Waals surface area contributed by atoms with Gasteiger partial charge in [-0.2, -0.15) is 0 Å². The zero-order chi connectivity index (χ0) is 13.1. The average Bonchev–Trinajstić information content (AvgIpc) is 2.48. The lowest BCUT2D eigenvalue weighted by molar-refractivity contribution is -0.127. The van der Waals surface area contributed by atoms with Crippen LogP contribution in [0.4, 0.5) is 0 Å². The van der Waals surface area contributed by atoms with Gasteiger partial charge >= 0.3 is 0 Å². The molecule has 18 heavy (non-hydrogen) atoms. The smallest absolute Gasteiger partial charge is 0.293 e. The number of hydrogen-bond acceptors (Lipinski definition) is 2. The highest BCUT2D eigenvalue weighted by Crippen LogP contribution is 2.31. The Morgan fingerprint density at radius 2 is 1.83 bits per heavy atom. The van der Waals surface area contributed by atoms with Crippen molar-refractivity contribution in [2.24, 2.45) is 0 Å². The van der Waals surface area contributed by atoms with Crippen molar-refractivity contribution in [1.82, 2.24) is 0 Å². The van der Waals surface area contributed by atoms with Gasteiger partial charge in [0.2, 0.25) is 0 Å². The van der Waals surface area contributed by atoms with Crippen LogP contribution in [0.25, 0.3) is 0 Å². The van der Waals surface area contributed by atoms with E-state index >= 15 is 0 Å². The van der Waals surface area contributed by atoms with E-state index in [1.807, 2.05) is 0 Å². The van der Waals surface area contributed by atoms with E-state index in [1.54, 1.807) is 5.56 Å². The van der Waals surface area contributed by atoms with Crippen molar-refractivity contribution in [2.75, 3.05) is 6.61 Å². The zero-order valence-corrected chi connectivity index (χ0v) is 10.9. The minimum atomic E-state index is 0.309. The summed E-state index contributed by atoms with van der Waals surface area (Å²) in [6.45, 7) is 4.01. The monoisotopic (exact) mass is 246 g/mol. The van der Waals surface area contributed by atoms with Crippen LogP contribution in [0.5, 0.6) is 0 Å².